The molecule has 13 heteroatoms. The molecule has 27 heavy (non-hydrogen) atoms. The fourth-order valence-electron chi connectivity index (χ4n) is 2.10. The van der Waals surface area contributed by atoms with Crippen molar-refractivity contribution >= 4 is 40.4 Å². The largest absolute Gasteiger partial charge is 0.451 e. The van der Waals surface area contributed by atoms with Crippen LogP contribution in [0.5, 0.6) is 0 Å². The molecule has 0 bridgehead atoms. The molecule has 2 rings (SSSR count). The van der Waals surface area contributed by atoms with Crippen LogP contribution in [0.25, 0.3) is 0 Å². The average Bonchev–Trinajstić information content (AvgIpc) is 2.50. The molecule has 0 fully saturated rings. The molecule has 1 aliphatic rings. The summed E-state index contributed by atoms with van der Waals surface area (Å²) in [6, 6.07) is 4.09. The van der Waals surface area contributed by atoms with Crippen molar-refractivity contribution < 1.29 is 26.3 Å². The van der Waals surface area contributed by atoms with Crippen LogP contribution >= 0.6 is 23.2 Å². The Morgan fingerprint density at radius 3 is 2.07 bits per heavy atom. The van der Waals surface area contributed by atoms with E-state index in [1.165, 1.54) is 18.2 Å². The second kappa shape index (κ2) is 7.66. The van der Waals surface area contributed by atoms with Crippen LogP contribution in [0, 0.1) is 0 Å². The van der Waals surface area contributed by atoms with Crippen LogP contribution in [-0.2, 0) is 0 Å². The van der Waals surface area contributed by atoms with Crippen LogP contribution < -0.4 is 16.2 Å². The summed E-state index contributed by atoms with van der Waals surface area (Å²) in [5.41, 5.74) is 5.49. The first-order valence-electron chi connectivity index (χ1n) is 7.03. The summed E-state index contributed by atoms with van der Waals surface area (Å²) in [7, 11) is 0. The number of hydrogen-bond acceptors (Lipinski definition) is 5. The van der Waals surface area contributed by atoms with Gasteiger partial charge in [0.1, 0.15) is 6.17 Å². The molecule has 0 saturated carbocycles. The van der Waals surface area contributed by atoms with Crippen LogP contribution in [0.4, 0.5) is 32.0 Å². The van der Waals surface area contributed by atoms with Crippen molar-refractivity contribution in [2.24, 2.45) is 15.7 Å². The zero-order chi connectivity index (χ0) is 20.6. The predicted octanol–water partition coefficient (Wildman–Crippen LogP) is 4.08. The third kappa shape index (κ3) is 5.12. The van der Waals surface area contributed by atoms with Gasteiger partial charge in [0, 0.05) is 15.6 Å². The Bertz CT molecular complexity index is 782. The highest BCUT2D eigenvalue weighted by Gasteiger charge is 2.47. The molecule has 0 aromatic heterocycles. The third-order valence-electron chi connectivity index (χ3n) is 3.25. The molecule has 1 heterocycles. The minimum Gasteiger partial charge on any atom is -0.313 e. The van der Waals surface area contributed by atoms with E-state index in [1.54, 1.807) is 0 Å². The Labute approximate surface area is 159 Å². The smallest absolute Gasteiger partial charge is 0.313 e. The predicted molar refractivity (Wildman–Crippen MR) is 91.0 cm³/mol. The van der Waals surface area contributed by atoms with Crippen LogP contribution in [-0.4, -0.2) is 36.7 Å². The molecule has 0 amide bonds. The lowest BCUT2D eigenvalue weighted by Crippen LogP contribution is -2.51. The SMILES string of the molecule is C=C1C(C(F)(F)F)=NC(C(F)(F)F)=NC1NN(CN)c1cc(Cl)cc(Cl)c1. The van der Waals surface area contributed by atoms with E-state index in [0.717, 1.165) is 5.01 Å². The van der Waals surface area contributed by atoms with Crippen molar-refractivity contribution in [2.75, 3.05) is 11.7 Å². The van der Waals surface area contributed by atoms with Gasteiger partial charge < -0.3 is 5.73 Å². The van der Waals surface area contributed by atoms with Crippen molar-refractivity contribution in [3.8, 4) is 0 Å². The van der Waals surface area contributed by atoms with Gasteiger partial charge in [-0.2, -0.15) is 26.3 Å². The molecule has 1 atom stereocenters. The van der Waals surface area contributed by atoms with Gasteiger partial charge in [-0.25, -0.2) is 15.4 Å². The lowest BCUT2D eigenvalue weighted by atomic mass is 10.1. The maximum absolute atomic E-state index is 13.1. The summed E-state index contributed by atoms with van der Waals surface area (Å²) in [5, 5.41) is 1.39. The first-order valence-corrected chi connectivity index (χ1v) is 7.78. The van der Waals surface area contributed by atoms with Crippen molar-refractivity contribution in [3.63, 3.8) is 0 Å². The molecule has 1 aromatic rings. The average molecular weight is 434 g/mol. The first kappa shape index (κ1) is 21.5. The fraction of sp³-hybridized carbons (Fsp3) is 0.286. The van der Waals surface area contributed by atoms with Crippen LogP contribution in [0.3, 0.4) is 0 Å². The molecule has 0 aliphatic carbocycles. The highest BCUT2D eigenvalue weighted by molar-refractivity contribution is 6.35. The molecule has 3 N–H and O–H groups in total. The Morgan fingerprint density at radius 2 is 1.63 bits per heavy atom. The number of hydrazine groups is 1. The lowest BCUT2D eigenvalue weighted by molar-refractivity contribution is -0.0637. The highest BCUT2D eigenvalue weighted by atomic mass is 35.5. The van der Waals surface area contributed by atoms with Gasteiger partial charge in [0.25, 0.3) is 0 Å². The van der Waals surface area contributed by atoms with E-state index in [1.807, 2.05) is 0 Å². The van der Waals surface area contributed by atoms with E-state index in [-0.39, 0.29) is 22.4 Å². The number of benzene rings is 1. The van der Waals surface area contributed by atoms with Crippen molar-refractivity contribution in [2.45, 2.75) is 18.5 Å². The Hall–Kier alpha value is -1.82. The third-order valence-corrected chi connectivity index (χ3v) is 3.68. The van der Waals surface area contributed by atoms with E-state index in [0.29, 0.717) is 0 Å². The van der Waals surface area contributed by atoms with E-state index in [9.17, 15) is 26.3 Å². The van der Waals surface area contributed by atoms with Gasteiger partial charge in [-0.3, -0.25) is 5.01 Å². The molecule has 1 unspecified atom stereocenters. The number of anilines is 1. The molecule has 5 nitrogen and oxygen atoms in total. The Morgan fingerprint density at radius 1 is 1.07 bits per heavy atom. The lowest BCUT2D eigenvalue weighted by Gasteiger charge is -2.31. The van der Waals surface area contributed by atoms with Crippen LogP contribution in [0.2, 0.25) is 10.0 Å². The number of hydrogen-bond donors (Lipinski definition) is 2. The molecule has 0 saturated heterocycles. The fourth-order valence-corrected chi connectivity index (χ4v) is 2.61. The number of nitrogens with two attached hydrogens (primary N) is 1. The maximum Gasteiger partial charge on any atom is 0.451 e. The van der Waals surface area contributed by atoms with Crippen LogP contribution in [0.1, 0.15) is 0 Å². The summed E-state index contributed by atoms with van der Waals surface area (Å²) >= 11 is 11.7. The second-order valence-corrected chi connectivity index (χ2v) is 6.08. The highest BCUT2D eigenvalue weighted by Crippen LogP contribution is 2.31. The molecule has 0 radical (unpaired) electrons. The van der Waals surface area contributed by atoms with Crippen LogP contribution in [0.15, 0.2) is 40.3 Å². The van der Waals surface area contributed by atoms with Gasteiger partial charge in [0.2, 0.25) is 5.84 Å². The summed E-state index contributed by atoms with van der Waals surface area (Å²) in [4.78, 5) is 5.76. The number of halogens is 8. The van der Waals surface area contributed by atoms with Gasteiger partial charge in [-0.1, -0.05) is 29.8 Å². The van der Waals surface area contributed by atoms with Crippen molar-refractivity contribution in [1.82, 2.24) is 5.43 Å². The van der Waals surface area contributed by atoms with E-state index >= 15 is 0 Å². The first-order chi connectivity index (χ1) is 12.3. The number of aliphatic imine (C=N–C) groups is 2. The minimum absolute atomic E-state index is 0.178. The molecule has 1 aliphatic heterocycles. The minimum atomic E-state index is -5.19. The van der Waals surface area contributed by atoms with Crippen molar-refractivity contribution in [3.05, 3.63) is 40.4 Å². The van der Waals surface area contributed by atoms with Gasteiger partial charge in [0.15, 0.2) is 5.71 Å². The Balaban J connectivity index is 2.41. The van der Waals surface area contributed by atoms with Gasteiger partial charge in [-0.05, 0) is 18.2 Å². The summed E-state index contributed by atoms with van der Waals surface area (Å²) in [5.74, 6) is -1.94. The van der Waals surface area contributed by atoms with E-state index in [2.05, 4.69) is 22.0 Å². The van der Waals surface area contributed by atoms with Gasteiger partial charge in [-0.15, -0.1) is 0 Å². The van der Waals surface area contributed by atoms with Gasteiger partial charge in [0.05, 0.1) is 12.4 Å². The molecule has 1 aromatic carbocycles. The van der Waals surface area contributed by atoms with Gasteiger partial charge >= 0.3 is 12.4 Å². The number of rotatable bonds is 4. The maximum atomic E-state index is 13.1. The topological polar surface area (TPSA) is 66.0 Å². The number of alkyl halides is 6. The standard InChI is InChI=1S/C14H11Cl2F6N5/c1-6-10(13(17,18)19)24-12(14(20,21)22)25-11(6)26-27(5-23)9-3-7(15)2-8(16)4-9/h2-4,11,26H,1,5,23H2. The molecular weight excluding hydrogens is 423 g/mol. The number of amidine groups is 1. The zero-order valence-electron chi connectivity index (χ0n) is 13.2. The Kier molecular flexibility index (Phi) is 6.10. The zero-order valence-corrected chi connectivity index (χ0v) is 14.7. The quantitative estimate of drug-likeness (QED) is 0.427. The summed E-state index contributed by atoms with van der Waals surface area (Å²) in [6.45, 7) is 2.82. The van der Waals surface area contributed by atoms with E-state index in [4.69, 9.17) is 28.9 Å². The van der Waals surface area contributed by atoms with Crippen molar-refractivity contribution in [1.29, 1.82) is 0 Å². The number of nitrogens with one attached hydrogen (secondary N) is 1. The molecular formula is C14H11Cl2F6N5. The molecule has 148 valence electrons. The monoisotopic (exact) mass is 433 g/mol. The summed E-state index contributed by atoms with van der Waals surface area (Å²) in [6.07, 6.45) is -12.2. The second-order valence-electron chi connectivity index (χ2n) is 5.20. The summed E-state index contributed by atoms with van der Waals surface area (Å²) < 4.78 is 77.9. The van der Waals surface area contributed by atoms with E-state index < -0.39 is 35.6 Å². The normalized spacial score (nSPS) is 18.3. The number of nitrogens with zero attached hydrogens (tertiary/aromatic N) is 3. The molecule has 0 spiro atoms.